The lowest BCUT2D eigenvalue weighted by atomic mass is 10.1. The number of hydrogen-bond acceptors (Lipinski definition) is 6. The monoisotopic (exact) mass is 446 g/mol. The quantitative estimate of drug-likeness (QED) is 0.480. The third-order valence-corrected chi connectivity index (χ3v) is 5.07. The van der Waals surface area contributed by atoms with Crippen molar-refractivity contribution in [1.29, 1.82) is 0 Å². The number of hydrogen-bond donors (Lipinski definition) is 2. The maximum absolute atomic E-state index is 14.6. The maximum atomic E-state index is 14.6. The summed E-state index contributed by atoms with van der Waals surface area (Å²) < 4.78 is 25.4. The smallest absolute Gasteiger partial charge is 0.322 e. The summed E-state index contributed by atoms with van der Waals surface area (Å²) >= 11 is 0. The van der Waals surface area contributed by atoms with Crippen LogP contribution in [0.5, 0.6) is 5.75 Å². The molecule has 174 valence electrons. The second kappa shape index (κ2) is 11.1. The molecule has 1 aromatic heterocycles. The number of amides is 2. The van der Waals surface area contributed by atoms with Gasteiger partial charge in [-0.1, -0.05) is 0 Å². The summed E-state index contributed by atoms with van der Waals surface area (Å²) in [7, 11) is 3.97. The van der Waals surface area contributed by atoms with Crippen molar-refractivity contribution in [1.82, 2.24) is 20.0 Å². The molecule has 2 amide bonds. The number of halogens is 1. The van der Waals surface area contributed by atoms with Gasteiger partial charge in [0.2, 0.25) is 0 Å². The number of nitrogens with zero attached hydrogens (tertiary/aromatic N) is 4. The van der Waals surface area contributed by atoms with E-state index in [-0.39, 0.29) is 11.8 Å². The summed E-state index contributed by atoms with van der Waals surface area (Å²) in [5, 5.41) is 9.82. The van der Waals surface area contributed by atoms with Gasteiger partial charge in [0, 0.05) is 31.9 Å². The van der Waals surface area contributed by atoms with Crippen LogP contribution in [-0.4, -0.2) is 85.3 Å². The zero-order chi connectivity index (χ0) is 23.1. The Balaban J connectivity index is 1.70. The fourth-order valence-corrected chi connectivity index (χ4v) is 3.29. The molecular weight excluding hydrogens is 415 g/mol. The topological polar surface area (TPSA) is 95.1 Å². The molecule has 2 N–H and O–H groups in total. The Morgan fingerprint density at radius 2 is 2.12 bits per heavy atom. The van der Waals surface area contributed by atoms with E-state index in [2.05, 4.69) is 25.4 Å². The van der Waals surface area contributed by atoms with Gasteiger partial charge in [-0.2, -0.15) is 5.10 Å². The van der Waals surface area contributed by atoms with E-state index in [9.17, 15) is 9.18 Å². The molecular formula is C22H31FN6O3. The zero-order valence-corrected chi connectivity index (χ0v) is 19.1. The molecule has 32 heavy (non-hydrogen) atoms. The molecule has 2 heterocycles. The Morgan fingerprint density at radius 1 is 1.38 bits per heavy atom. The van der Waals surface area contributed by atoms with E-state index in [1.54, 1.807) is 24.1 Å². The van der Waals surface area contributed by atoms with Crippen molar-refractivity contribution in [3.63, 3.8) is 0 Å². The number of H-pyrrole nitrogens is 1. The van der Waals surface area contributed by atoms with Crippen molar-refractivity contribution in [2.24, 2.45) is 4.99 Å². The Bertz CT molecular complexity index is 953. The molecule has 0 saturated carbocycles. The molecule has 0 bridgehead atoms. The number of rotatable bonds is 8. The molecule has 2 aromatic rings. The van der Waals surface area contributed by atoms with Crippen LogP contribution >= 0.6 is 0 Å². The molecule has 1 fully saturated rings. The van der Waals surface area contributed by atoms with E-state index >= 15 is 0 Å². The number of aromatic nitrogens is 2. The molecule has 1 aliphatic rings. The van der Waals surface area contributed by atoms with Gasteiger partial charge in [-0.3, -0.25) is 10.1 Å². The second-order valence-corrected chi connectivity index (χ2v) is 7.95. The first-order valence-electron chi connectivity index (χ1n) is 10.7. The molecule has 10 heteroatoms. The van der Waals surface area contributed by atoms with Crippen molar-refractivity contribution < 1.29 is 18.7 Å². The number of aliphatic imine (C=N–C) groups is 1. The number of benzene rings is 1. The lowest BCUT2D eigenvalue weighted by Gasteiger charge is -2.26. The average Bonchev–Trinajstić information content (AvgIpc) is 3.23. The Kier molecular flexibility index (Phi) is 8.18. The predicted molar refractivity (Wildman–Crippen MR) is 122 cm³/mol. The minimum atomic E-state index is -0.463. The lowest BCUT2D eigenvalue weighted by Crippen LogP contribution is -2.43. The Morgan fingerprint density at radius 3 is 2.84 bits per heavy atom. The first kappa shape index (κ1) is 23.7. The van der Waals surface area contributed by atoms with Crippen LogP contribution in [0.1, 0.15) is 24.6 Å². The fourth-order valence-electron chi connectivity index (χ4n) is 3.29. The standard InChI is InChI=1S/C22H31FN6O3/c1-15-12-20(32-9-5-6-28(3)4)17(23)13-18(15)25-16(2)21-19(14-24-27-21)26-22(30)29-7-10-31-11-8-29/h12-14H,5-11H2,1-4H3,(H,24,27)(H,26,30)/b25-16+. The van der Waals surface area contributed by atoms with Crippen LogP contribution in [-0.2, 0) is 4.74 Å². The minimum absolute atomic E-state index is 0.219. The number of carbonyl (C=O) groups is 1. The summed E-state index contributed by atoms with van der Waals surface area (Å²) in [6.07, 6.45) is 2.41. The highest BCUT2D eigenvalue weighted by Gasteiger charge is 2.19. The van der Waals surface area contributed by atoms with Crippen LogP contribution in [0.15, 0.2) is 23.3 Å². The van der Waals surface area contributed by atoms with Crippen molar-refractivity contribution in [3.8, 4) is 5.75 Å². The Hall–Kier alpha value is -2.98. The highest BCUT2D eigenvalue weighted by Crippen LogP contribution is 2.29. The molecule has 0 spiro atoms. The normalized spacial score (nSPS) is 14.7. The van der Waals surface area contributed by atoms with Gasteiger partial charge >= 0.3 is 6.03 Å². The van der Waals surface area contributed by atoms with E-state index < -0.39 is 5.82 Å². The largest absolute Gasteiger partial charge is 0.490 e. The van der Waals surface area contributed by atoms with E-state index in [0.717, 1.165) is 18.5 Å². The number of aryl methyl sites for hydroxylation is 1. The summed E-state index contributed by atoms with van der Waals surface area (Å²) in [5.74, 6) is -0.244. The molecule has 0 atom stereocenters. The van der Waals surface area contributed by atoms with Crippen LogP contribution in [0.4, 0.5) is 20.6 Å². The average molecular weight is 447 g/mol. The summed E-state index contributed by atoms with van der Waals surface area (Å²) in [6, 6.07) is 2.79. The summed E-state index contributed by atoms with van der Waals surface area (Å²) in [5.41, 5.74) is 2.82. The van der Waals surface area contributed by atoms with Crippen molar-refractivity contribution in [2.45, 2.75) is 20.3 Å². The van der Waals surface area contributed by atoms with Crippen LogP contribution < -0.4 is 10.1 Å². The first-order valence-corrected chi connectivity index (χ1v) is 10.7. The van der Waals surface area contributed by atoms with Gasteiger partial charge < -0.3 is 24.6 Å². The van der Waals surface area contributed by atoms with Gasteiger partial charge in [0.1, 0.15) is 5.69 Å². The van der Waals surface area contributed by atoms with E-state index in [0.29, 0.717) is 55.7 Å². The van der Waals surface area contributed by atoms with Crippen molar-refractivity contribution in [3.05, 3.63) is 35.4 Å². The Labute approximate surface area is 187 Å². The minimum Gasteiger partial charge on any atom is -0.490 e. The van der Waals surface area contributed by atoms with E-state index in [4.69, 9.17) is 9.47 Å². The lowest BCUT2D eigenvalue weighted by molar-refractivity contribution is 0.0564. The molecule has 1 aliphatic heterocycles. The van der Waals surface area contributed by atoms with Crippen LogP contribution in [0.25, 0.3) is 0 Å². The number of aromatic amines is 1. The van der Waals surface area contributed by atoms with Crippen LogP contribution in [0.2, 0.25) is 0 Å². The van der Waals surface area contributed by atoms with Crippen molar-refractivity contribution in [2.75, 3.05) is 58.9 Å². The van der Waals surface area contributed by atoms with E-state index in [1.807, 2.05) is 21.0 Å². The third-order valence-electron chi connectivity index (χ3n) is 5.07. The van der Waals surface area contributed by atoms with E-state index in [1.165, 1.54) is 6.07 Å². The summed E-state index contributed by atoms with van der Waals surface area (Å²) in [4.78, 5) is 20.8. The highest BCUT2D eigenvalue weighted by molar-refractivity contribution is 6.05. The molecule has 3 rings (SSSR count). The number of carbonyl (C=O) groups excluding carboxylic acids is 1. The van der Waals surface area contributed by atoms with Gasteiger partial charge in [0.15, 0.2) is 11.6 Å². The predicted octanol–water partition coefficient (Wildman–Crippen LogP) is 3.19. The zero-order valence-electron chi connectivity index (χ0n) is 19.1. The van der Waals surface area contributed by atoms with Crippen LogP contribution in [0.3, 0.4) is 0 Å². The number of nitrogens with one attached hydrogen (secondary N) is 2. The molecule has 1 aromatic carbocycles. The molecule has 0 aliphatic carbocycles. The fraction of sp³-hybridized carbons (Fsp3) is 0.500. The maximum Gasteiger partial charge on any atom is 0.322 e. The number of ether oxygens (including phenoxy) is 2. The highest BCUT2D eigenvalue weighted by atomic mass is 19.1. The van der Waals surface area contributed by atoms with Crippen molar-refractivity contribution >= 4 is 23.1 Å². The van der Waals surface area contributed by atoms with Gasteiger partial charge in [-0.15, -0.1) is 0 Å². The first-order chi connectivity index (χ1) is 15.3. The van der Waals surface area contributed by atoms with Gasteiger partial charge in [0.05, 0.1) is 36.9 Å². The molecule has 0 radical (unpaired) electrons. The van der Waals surface area contributed by atoms with Gasteiger partial charge in [0.25, 0.3) is 0 Å². The van der Waals surface area contributed by atoms with Gasteiger partial charge in [-0.05, 0) is 46.0 Å². The second-order valence-electron chi connectivity index (χ2n) is 7.95. The number of urea groups is 1. The van der Waals surface area contributed by atoms with Gasteiger partial charge in [-0.25, -0.2) is 9.18 Å². The molecule has 0 unspecified atom stereocenters. The third kappa shape index (κ3) is 6.27. The van der Waals surface area contributed by atoms with Crippen LogP contribution in [0, 0.1) is 12.7 Å². The number of morpholine rings is 1. The molecule has 1 saturated heterocycles. The number of anilines is 1. The summed E-state index contributed by atoms with van der Waals surface area (Å²) in [6.45, 7) is 7.04. The molecule has 9 nitrogen and oxygen atoms in total. The SMILES string of the molecule is C/C(=N\c1cc(F)c(OCCCN(C)C)cc1C)c1n[nH]cc1NC(=O)N1CCOCC1.